The molecule has 1 aromatic carbocycles. The zero-order chi connectivity index (χ0) is 20.1. The molecule has 0 saturated carbocycles. The van der Waals surface area contributed by atoms with E-state index in [1.165, 1.54) is 0 Å². The van der Waals surface area contributed by atoms with Crippen LogP contribution in [0.2, 0.25) is 5.02 Å². The molecule has 0 N–H and O–H groups in total. The Balaban J connectivity index is 1.92. The van der Waals surface area contributed by atoms with Crippen molar-refractivity contribution in [2.24, 2.45) is 0 Å². The normalized spacial score (nSPS) is 16.9. The van der Waals surface area contributed by atoms with Gasteiger partial charge in [-0.15, -0.1) is 0 Å². The van der Waals surface area contributed by atoms with Crippen LogP contribution < -0.4 is 4.90 Å². The maximum absolute atomic E-state index is 12.4. The van der Waals surface area contributed by atoms with Crippen molar-refractivity contribution >= 4 is 23.5 Å². The Bertz CT molecular complexity index is 811. The third-order valence-corrected chi connectivity index (χ3v) is 5.20. The first-order chi connectivity index (χ1) is 13.5. The summed E-state index contributed by atoms with van der Waals surface area (Å²) in [5, 5.41) is 0.696. The molecule has 1 saturated heterocycles. The lowest BCUT2D eigenvalue weighted by molar-refractivity contribution is -0.137. The van der Waals surface area contributed by atoms with Crippen LogP contribution in [0.15, 0.2) is 30.5 Å². The summed E-state index contributed by atoms with van der Waals surface area (Å²) in [7, 11) is 3.86. The zero-order valence-corrected chi connectivity index (χ0v) is 17.4. The smallest absolute Gasteiger partial charge is 0.248 e. The van der Waals surface area contributed by atoms with Crippen molar-refractivity contribution in [1.82, 2.24) is 14.9 Å². The van der Waals surface area contributed by atoms with E-state index in [1.807, 2.05) is 61.3 Å². The van der Waals surface area contributed by atoms with Crippen LogP contribution in [0.4, 0.5) is 5.95 Å². The molecule has 1 aromatic heterocycles. The van der Waals surface area contributed by atoms with E-state index in [0.29, 0.717) is 24.1 Å². The van der Waals surface area contributed by atoms with E-state index in [4.69, 9.17) is 21.3 Å². The Kier molecular flexibility index (Phi) is 6.86. The van der Waals surface area contributed by atoms with E-state index in [2.05, 4.69) is 4.98 Å². The molecule has 2 heterocycles. The third kappa shape index (κ3) is 4.80. The van der Waals surface area contributed by atoms with Crippen LogP contribution in [-0.4, -0.2) is 61.2 Å². The molecule has 0 unspecified atom stereocenters. The Hall–Kier alpha value is -2.18. The molecule has 6 nitrogen and oxygen atoms in total. The Morgan fingerprint density at radius 3 is 2.75 bits per heavy atom. The number of hydrogen-bond donors (Lipinski definition) is 0. The summed E-state index contributed by atoms with van der Waals surface area (Å²) in [4.78, 5) is 25.6. The molecule has 0 bridgehead atoms. The van der Waals surface area contributed by atoms with Crippen molar-refractivity contribution in [3.8, 4) is 11.1 Å². The number of nitrogens with zero attached hydrogens (tertiary/aromatic N) is 4. The highest BCUT2D eigenvalue weighted by molar-refractivity contribution is 6.30. The molecule has 0 spiro atoms. The van der Waals surface area contributed by atoms with Crippen molar-refractivity contribution in [2.45, 2.75) is 25.7 Å². The van der Waals surface area contributed by atoms with Gasteiger partial charge >= 0.3 is 0 Å². The largest absolute Gasteiger partial charge is 0.372 e. The second kappa shape index (κ2) is 9.34. The Labute approximate surface area is 171 Å². The molecule has 1 amide bonds. The van der Waals surface area contributed by atoms with Gasteiger partial charge in [-0.05, 0) is 37.5 Å². The van der Waals surface area contributed by atoms with Crippen LogP contribution >= 0.6 is 11.6 Å². The molecule has 1 aliphatic rings. The van der Waals surface area contributed by atoms with E-state index in [1.54, 1.807) is 0 Å². The molecule has 1 fully saturated rings. The minimum absolute atomic E-state index is 0.0430. The number of halogens is 1. The number of benzene rings is 1. The summed E-state index contributed by atoms with van der Waals surface area (Å²) >= 11 is 6.06. The van der Waals surface area contributed by atoms with E-state index in [-0.39, 0.29) is 18.4 Å². The van der Waals surface area contributed by atoms with Crippen LogP contribution in [-0.2, 0) is 9.53 Å². The number of aromatic nitrogens is 2. The SMILES string of the molecule is CCOCC(=O)N1CCC[C@@H](c2nc(N(C)C)ncc2-c2ccc(Cl)cc2)C1. The Morgan fingerprint density at radius 1 is 1.32 bits per heavy atom. The molecule has 150 valence electrons. The van der Waals surface area contributed by atoms with Crippen molar-refractivity contribution < 1.29 is 9.53 Å². The molecule has 0 aliphatic carbocycles. The number of rotatable bonds is 6. The number of carbonyl (C=O) groups excluding carboxylic acids is 1. The summed E-state index contributed by atoms with van der Waals surface area (Å²) in [6.45, 7) is 4.00. The minimum Gasteiger partial charge on any atom is -0.372 e. The molecular weight excluding hydrogens is 376 g/mol. The molecule has 3 rings (SSSR count). The third-order valence-electron chi connectivity index (χ3n) is 4.95. The van der Waals surface area contributed by atoms with Gasteiger partial charge < -0.3 is 14.5 Å². The molecule has 0 radical (unpaired) electrons. The lowest BCUT2D eigenvalue weighted by Gasteiger charge is -2.33. The lowest BCUT2D eigenvalue weighted by Crippen LogP contribution is -2.41. The molecular formula is C21H27ClN4O2. The summed E-state index contributed by atoms with van der Waals surface area (Å²) in [5.74, 6) is 0.874. The second-order valence-electron chi connectivity index (χ2n) is 7.19. The summed E-state index contributed by atoms with van der Waals surface area (Å²) < 4.78 is 5.31. The van der Waals surface area contributed by atoms with Gasteiger partial charge in [-0.2, -0.15) is 0 Å². The summed E-state index contributed by atoms with van der Waals surface area (Å²) in [5.41, 5.74) is 3.00. The fourth-order valence-electron chi connectivity index (χ4n) is 3.47. The van der Waals surface area contributed by atoms with Crippen LogP contribution in [0.3, 0.4) is 0 Å². The predicted molar refractivity (Wildman–Crippen MR) is 112 cm³/mol. The van der Waals surface area contributed by atoms with E-state index < -0.39 is 0 Å². The lowest BCUT2D eigenvalue weighted by atomic mass is 9.90. The average Bonchev–Trinajstić information content (AvgIpc) is 2.72. The fourth-order valence-corrected chi connectivity index (χ4v) is 3.60. The van der Waals surface area contributed by atoms with Gasteiger partial charge in [-0.3, -0.25) is 4.79 Å². The average molecular weight is 403 g/mol. The number of amides is 1. The molecule has 2 aromatic rings. The number of carbonyl (C=O) groups is 1. The Morgan fingerprint density at radius 2 is 2.07 bits per heavy atom. The van der Waals surface area contributed by atoms with Gasteiger partial charge in [0.15, 0.2) is 0 Å². The van der Waals surface area contributed by atoms with E-state index in [0.717, 1.165) is 36.2 Å². The van der Waals surface area contributed by atoms with Crippen LogP contribution in [0, 0.1) is 0 Å². The first kappa shape index (κ1) is 20.6. The highest BCUT2D eigenvalue weighted by atomic mass is 35.5. The molecule has 28 heavy (non-hydrogen) atoms. The van der Waals surface area contributed by atoms with Crippen LogP contribution in [0.25, 0.3) is 11.1 Å². The maximum Gasteiger partial charge on any atom is 0.248 e. The number of ether oxygens (including phenoxy) is 1. The first-order valence-corrected chi connectivity index (χ1v) is 10.0. The van der Waals surface area contributed by atoms with Gasteiger partial charge in [0.05, 0.1) is 5.69 Å². The van der Waals surface area contributed by atoms with Crippen molar-refractivity contribution in [3.05, 3.63) is 41.2 Å². The fraction of sp³-hybridized carbons (Fsp3) is 0.476. The van der Waals surface area contributed by atoms with Gasteiger partial charge in [0, 0.05) is 56.5 Å². The zero-order valence-electron chi connectivity index (χ0n) is 16.7. The molecule has 1 aliphatic heterocycles. The van der Waals surface area contributed by atoms with Crippen LogP contribution in [0.1, 0.15) is 31.4 Å². The molecule has 7 heteroatoms. The van der Waals surface area contributed by atoms with Gasteiger partial charge in [0.2, 0.25) is 11.9 Å². The van der Waals surface area contributed by atoms with Gasteiger partial charge in [-0.25, -0.2) is 9.97 Å². The number of hydrogen-bond acceptors (Lipinski definition) is 5. The highest BCUT2D eigenvalue weighted by Gasteiger charge is 2.28. The quantitative estimate of drug-likeness (QED) is 0.738. The topological polar surface area (TPSA) is 58.6 Å². The minimum atomic E-state index is 0.0430. The summed E-state index contributed by atoms with van der Waals surface area (Å²) in [6, 6.07) is 7.72. The van der Waals surface area contributed by atoms with Crippen molar-refractivity contribution in [2.75, 3.05) is 45.3 Å². The monoisotopic (exact) mass is 402 g/mol. The van der Waals surface area contributed by atoms with Gasteiger partial charge in [0.25, 0.3) is 0 Å². The molecule has 1 atom stereocenters. The highest BCUT2D eigenvalue weighted by Crippen LogP contribution is 2.34. The first-order valence-electron chi connectivity index (χ1n) is 9.65. The standard InChI is InChI=1S/C21H27ClN4O2/c1-4-28-14-19(27)26-11-5-6-16(13-26)20-18(12-23-21(24-20)25(2)3)15-7-9-17(22)10-8-15/h7-10,12,16H,4-6,11,13-14H2,1-3H3/t16-/m1/s1. The van der Waals surface area contributed by atoms with Crippen molar-refractivity contribution in [1.29, 1.82) is 0 Å². The summed E-state index contributed by atoms with van der Waals surface area (Å²) in [6.07, 6.45) is 3.81. The number of anilines is 1. The maximum atomic E-state index is 12.4. The van der Waals surface area contributed by atoms with Gasteiger partial charge in [0.1, 0.15) is 6.61 Å². The van der Waals surface area contributed by atoms with Gasteiger partial charge in [-0.1, -0.05) is 23.7 Å². The van der Waals surface area contributed by atoms with Crippen LogP contribution in [0.5, 0.6) is 0 Å². The van der Waals surface area contributed by atoms with E-state index in [9.17, 15) is 4.79 Å². The van der Waals surface area contributed by atoms with Crippen molar-refractivity contribution in [3.63, 3.8) is 0 Å². The number of piperidine rings is 1. The second-order valence-corrected chi connectivity index (χ2v) is 7.62. The predicted octanol–water partition coefficient (Wildman–Crippen LogP) is 3.61. The number of likely N-dealkylation sites (tertiary alicyclic amines) is 1. The van der Waals surface area contributed by atoms with E-state index >= 15 is 0 Å².